The number of rotatable bonds is 7. The number of hydrogen-bond acceptors (Lipinski definition) is 6. The van der Waals surface area contributed by atoms with Crippen molar-refractivity contribution in [1.82, 2.24) is 15.2 Å². The van der Waals surface area contributed by atoms with Crippen LogP contribution < -0.4 is 5.32 Å². The van der Waals surface area contributed by atoms with Crippen molar-refractivity contribution in [2.75, 3.05) is 12.3 Å². The van der Waals surface area contributed by atoms with Gasteiger partial charge in [-0.25, -0.2) is 13.4 Å². The van der Waals surface area contributed by atoms with Gasteiger partial charge in [0.15, 0.2) is 21.5 Å². The van der Waals surface area contributed by atoms with Gasteiger partial charge in [0.2, 0.25) is 0 Å². The smallest absolute Gasteiger partial charge is 0.294 e. The van der Waals surface area contributed by atoms with Crippen LogP contribution in [0.2, 0.25) is 0 Å². The highest BCUT2D eigenvalue weighted by molar-refractivity contribution is 7.91. The Balaban J connectivity index is 2.27. The summed E-state index contributed by atoms with van der Waals surface area (Å²) >= 11 is 0. The molecule has 0 spiro atoms. The summed E-state index contributed by atoms with van der Waals surface area (Å²) in [4.78, 5) is 27.6. The maximum Gasteiger partial charge on any atom is 0.294 e. The minimum atomic E-state index is -3.30. The van der Waals surface area contributed by atoms with E-state index in [1.807, 2.05) is 26.8 Å². The maximum absolute atomic E-state index is 12.8. The Labute approximate surface area is 172 Å². The van der Waals surface area contributed by atoms with E-state index in [4.69, 9.17) is 0 Å². The second kappa shape index (κ2) is 9.60. The van der Waals surface area contributed by atoms with Gasteiger partial charge < -0.3 is 5.32 Å². The molecule has 0 atom stereocenters. The van der Waals surface area contributed by atoms with E-state index < -0.39 is 9.84 Å². The molecule has 0 aliphatic carbocycles. The van der Waals surface area contributed by atoms with Crippen LogP contribution in [0.3, 0.4) is 0 Å². The quantitative estimate of drug-likeness (QED) is 0.734. The van der Waals surface area contributed by atoms with Crippen LogP contribution in [0.15, 0.2) is 57.3 Å². The summed E-state index contributed by atoms with van der Waals surface area (Å²) in [6.45, 7) is 11.7. The molecule has 1 fully saturated rings. The van der Waals surface area contributed by atoms with E-state index >= 15 is 0 Å². The molecule has 156 valence electrons. The molecule has 0 saturated carbocycles. The molecule has 1 amide bonds. The molecule has 0 radical (unpaired) electrons. The summed E-state index contributed by atoms with van der Waals surface area (Å²) in [6, 6.07) is 3.11. The number of carbonyl (C=O) groups excluding carboxylic acids is 1. The predicted octanol–water partition coefficient (Wildman–Crippen LogP) is 2.45. The first-order chi connectivity index (χ1) is 13.8. The fraction of sp³-hybridized carbons (Fsp3) is 0.400. The second-order valence-corrected chi connectivity index (χ2v) is 8.56. The predicted molar refractivity (Wildman–Crippen MR) is 114 cm³/mol. The number of amidine groups is 2. The Hall–Kier alpha value is -2.81. The molecule has 9 heteroatoms. The monoisotopic (exact) mass is 417 g/mol. The molecule has 1 aliphatic rings. The van der Waals surface area contributed by atoms with Crippen LogP contribution in [-0.2, 0) is 21.2 Å². The third-order valence-corrected chi connectivity index (χ3v) is 6.13. The fourth-order valence-corrected chi connectivity index (χ4v) is 3.39. The summed E-state index contributed by atoms with van der Waals surface area (Å²) in [5.41, 5.74) is 1.92. The van der Waals surface area contributed by atoms with Crippen molar-refractivity contribution in [3.05, 3.63) is 48.1 Å². The van der Waals surface area contributed by atoms with Crippen LogP contribution >= 0.6 is 0 Å². The zero-order chi connectivity index (χ0) is 21.6. The molecule has 1 saturated heterocycles. The molecule has 0 unspecified atom stereocenters. The number of pyridine rings is 1. The van der Waals surface area contributed by atoms with Crippen molar-refractivity contribution in [2.45, 2.75) is 45.6 Å². The Morgan fingerprint density at radius 3 is 2.55 bits per heavy atom. The first kappa shape index (κ1) is 22.5. The molecule has 0 bridgehead atoms. The zero-order valence-corrected chi connectivity index (χ0v) is 18.1. The highest BCUT2D eigenvalue weighted by Gasteiger charge is 2.31. The third-order valence-electron chi connectivity index (χ3n) is 4.41. The Morgan fingerprint density at radius 1 is 1.31 bits per heavy atom. The van der Waals surface area contributed by atoms with Crippen LogP contribution in [0, 0.1) is 0 Å². The van der Waals surface area contributed by atoms with E-state index in [-0.39, 0.29) is 28.9 Å². The van der Waals surface area contributed by atoms with Gasteiger partial charge in [0.05, 0.1) is 28.6 Å². The number of nitrogens with one attached hydrogen (secondary N) is 1. The fourth-order valence-electron chi connectivity index (χ4n) is 2.57. The molecule has 1 aliphatic heterocycles. The van der Waals surface area contributed by atoms with Crippen LogP contribution in [-0.4, -0.2) is 48.2 Å². The van der Waals surface area contributed by atoms with Gasteiger partial charge in [-0.05, 0) is 32.4 Å². The van der Waals surface area contributed by atoms with Crippen LogP contribution in [0.25, 0.3) is 0 Å². The largest absolute Gasteiger partial charge is 0.333 e. The van der Waals surface area contributed by atoms with E-state index in [1.165, 1.54) is 12.3 Å². The van der Waals surface area contributed by atoms with Crippen molar-refractivity contribution in [1.29, 1.82) is 0 Å². The highest BCUT2D eigenvalue weighted by Crippen LogP contribution is 2.14. The molecular weight excluding hydrogens is 390 g/mol. The molecular formula is C20H27N5O3S. The van der Waals surface area contributed by atoms with E-state index in [0.717, 1.165) is 0 Å². The minimum absolute atomic E-state index is 0.0159. The minimum Gasteiger partial charge on any atom is -0.333 e. The Bertz CT molecular complexity index is 976. The average Bonchev–Trinajstić information content (AvgIpc) is 2.73. The maximum atomic E-state index is 12.8. The van der Waals surface area contributed by atoms with Crippen LogP contribution in [0.5, 0.6) is 0 Å². The lowest BCUT2D eigenvalue weighted by Gasteiger charge is -2.31. The molecule has 1 aromatic heterocycles. The zero-order valence-electron chi connectivity index (χ0n) is 17.3. The van der Waals surface area contributed by atoms with Crippen molar-refractivity contribution in [2.24, 2.45) is 9.98 Å². The van der Waals surface area contributed by atoms with E-state index in [2.05, 4.69) is 26.9 Å². The summed E-state index contributed by atoms with van der Waals surface area (Å²) in [7, 11) is -3.30. The average molecular weight is 418 g/mol. The SMILES string of the molecule is C=C(CC)N=C1/C(=C\C)NC(=NCc2ccc(S(=O)(=O)CC)cn2)C(=O)N1CC. The number of sulfone groups is 1. The van der Waals surface area contributed by atoms with Gasteiger partial charge in [-0.2, -0.15) is 0 Å². The number of amides is 1. The lowest BCUT2D eigenvalue weighted by Crippen LogP contribution is -2.54. The molecule has 0 aromatic carbocycles. The number of carbonyl (C=O) groups is 1. The Kier molecular flexibility index (Phi) is 7.44. The third kappa shape index (κ3) is 5.17. The second-order valence-electron chi connectivity index (χ2n) is 6.29. The number of likely N-dealkylation sites (N-methyl/N-ethyl adjacent to an activating group) is 1. The molecule has 1 aromatic rings. The molecule has 1 N–H and O–H groups in total. The van der Waals surface area contributed by atoms with Gasteiger partial charge in [0.1, 0.15) is 0 Å². The first-order valence-electron chi connectivity index (χ1n) is 9.51. The van der Waals surface area contributed by atoms with E-state index in [0.29, 0.717) is 35.9 Å². The van der Waals surface area contributed by atoms with Gasteiger partial charge in [-0.3, -0.25) is 19.7 Å². The van der Waals surface area contributed by atoms with Gasteiger partial charge in [-0.1, -0.05) is 26.5 Å². The number of allylic oxidation sites excluding steroid dienone is 2. The van der Waals surface area contributed by atoms with E-state index in [1.54, 1.807) is 17.9 Å². The van der Waals surface area contributed by atoms with Crippen molar-refractivity contribution in [3.8, 4) is 0 Å². The topological polar surface area (TPSA) is 104 Å². The van der Waals surface area contributed by atoms with Crippen molar-refractivity contribution < 1.29 is 13.2 Å². The first-order valence-corrected chi connectivity index (χ1v) is 11.2. The normalized spacial score (nSPS) is 19.1. The number of aliphatic imine (C=N–C) groups is 2. The Morgan fingerprint density at radius 2 is 2.03 bits per heavy atom. The number of nitrogens with zero attached hydrogens (tertiary/aromatic N) is 4. The van der Waals surface area contributed by atoms with Crippen molar-refractivity contribution in [3.63, 3.8) is 0 Å². The molecule has 2 rings (SSSR count). The lowest BCUT2D eigenvalue weighted by molar-refractivity contribution is -0.120. The standard InChI is InChI=1S/C20H27N5O3S/c1-6-14(5)23-19-17(7-2)24-18(20(26)25(19)8-3)22-12-15-10-11-16(13-21-15)29(27,28)9-4/h7,10-11,13H,5-6,8-9,12H2,1-4H3,(H,22,24)/b17-7+,23-19?. The van der Waals surface area contributed by atoms with Gasteiger partial charge in [-0.15, -0.1) is 0 Å². The van der Waals surface area contributed by atoms with Crippen molar-refractivity contribution >= 4 is 27.4 Å². The molecule has 2 heterocycles. The summed E-state index contributed by atoms with van der Waals surface area (Å²) in [5, 5.41) is 3.04. The number of hydrogen-bond donors (Lipinski definition) is 1. The number of piperazine rings is 1. The van der Waals surface area contributed by atoms with Gasteiger partial charge >= 0.3 is 0 Å². The summed E-state index contributed by atoms with van der Waals surface area (Å²) in [5.74, 6) is 0.444. The van der Waals surface area contributed by atoms with Gasteiger partial charge in [0, 0.05) is 18.4 Å². The highest BCUT2D eigenvalue weighted by atomic mass is 32.2. The lowest BCUT2D eigenvalue weighted by atomic mass is 10.2. The van der Waals surface area contributed by atoms with Gasteiger partial charge in [0.25, 0.3) is 5.91 Å². The molecule has 29 heavy (non-hydrogen) atoms. The summed E-state index contributed by atoms with van der Waals surface area (Å²) < 4.78 is 23.8. The molecule has 8 nitrogen and oxygen atoms in total. The number of aromatic nitrogens is 1. The van der Waals surface area contributed by atoms with Crippen LogP contribution in [0.4, 0.5) is 0 Å². The van der Waals surface area contributed by atoms with Crippen LogP contribution in [0.1, 0.15) is 39.8 Å². The van der Waals surface area contributed by atoms with E-state index in [9.17, 15) is 13.2 Å². The summed E-state index contributed by atoms with van der Waals surface area (Å²) in [6.07, 6.45) is 3.83.